The summed E-state index contributed by atoms with van der Waals surface area (Å²) in [5.74, 6) is 1.40. The third-order valence-corrected chi connectivity index (χ3v) is 5.74. The van der Waals surface area contributed by atoms with Gasteiger partial charge in [0.15, 0.2) is 11.5 Å². The fourth-order valence-electron chi connectivity index (χ4n) is 3.99. The topological polar surface area (TPSA) is 79.5 Å². The van der Waals surface area contributed by atoms with Gasteiger partial charge in [-0.3, -0.25) is 4.79 Å². The van der Waals surface area contributed by atoms with Gasteiger partial charge in [0.05, 0.1) is 10.7 Å². The number of ether oxygens (including phenoxy) is 2. The zero-order valence-corrected chi connectivity index (χ0v) is 17.0. The second kappa shape index (κ2) is 6.84. The molecule has 0 atom stereocenters. The number of pyridine rings is 1. The highest BCUT2D eigenvalue weighted by atomic mass is 35.5. The zero-order chi connectivity index (χ0) is 20.1. The smallest absolute Gasteiger partial charge is 0.231 e. The Morgan fingerprint density at radius 1 is 1.31 bits per heavy atom. The summed E-state index contributed by atoms with van der Waals surface area (Å²) in [6.45, 7) is 5.31. The normalized spacial score (nSPS) is 15.1. The van der Waals surface area contributed by atoms with Gasteiger partial charge in [0.25, 0.3) is 0 Å². The monoisotopic (exact) mass is 412 g/mol. The molecule has 0 spiro atoms. The maximum Gasteiger partial charge on any atom is 0.231 e. The first-order valence-electron chi connectivity index (χ1n) is 9.65. The second-order valence-corrected chi connectivity index (χ2v) is 8.02. The number of rotatable bonds is 3. The Hall–Kier alpha value is -2.93. The molecule has 2 N–H and O–H groups in total. The number of carbonyl (C=O) groups is 1. The Labute approximate surface area is 173 Å². The Bertz CT molecular complexity index is 1120. The van der Waals surface area contributed by atoms with Gasteiger partial charge in [-0.15, -0.1) is 0 Å². The van der Waals surface area contributed by atoms with E-state index >= 15 is 0 Å². The molecule has 0 unspecified atom stereocenters. The Morgan fingerprint density at radius 3 is 3.00 bits per heavy atom. The standard InChI is InChI=1S/C21H21ClN4O3/c1-11(2)21(27)26-8-6-14-12(9-26)17-15(5-7-23-20(17)25-14)24-18-13(22)3-4-16-19(18)29-10-28-16/h3-5,7,11H,6,8-10H2,1-2H3,(H2,23,24,25). The number of benzene rings is 1. The maximum absolute atomic E-state index is 12.6. The SMILES string of the molecule is CC(C)C(=O)N1CCc2[nH]c3nccc(Nc4c(Cl)ccc5c4OCO5)c3c2C1. The molecule has 8 heteroatoms. The van der Waals surface area contributed by atoms with Gasteiger partial charge in [0.2, 0.25) is 12.7 Å². The number of hydrogen-bond donors (Lipinski definition) is 2. The summed E-state index contributed by atoms with van der Waals surface area (Å²) in [7, 11) is 0. The zero-order valence-electron chi connectivity index (χ0n) is 16.2. The molecule has 4 heterocycles. The van der Waals surface area contributed by atoms with Crippen LogP contribution >= 0.6 is 11.6 Å². The minimum atomic E-state index is -0.0275. The Kier molecular flexibility index (Phi) is 4.28. The molecule has 150 valence electrons. The van der Waals surface area contributed by atoms with Gasteiger partial charge >= 0.3 is 0 Å². The summed E-state index contributed by atoms with van der Waals surface area (Å²) in [5, 5.41) is 4.93. The van der Waals surface area contributed by atoms with Crippen molar-refractivity contribution in [1.82, 2.24) is 14.9 Å². The van der Waals surface area contributed by atoms with Crippen molar-refractivity contribution in [3.8, 4) is 11.5 Å². The van der Waals surface area contributed by atoms with Crippen LogP contribution in [0.3, 0.4) is 0 Å². The Morgan fingerprint density at radius 2 is 2.17 bits per heavy atom. The van der Waals surface area contributed by atoms with Gasteiger partial charge in [-0.05, 0) is 18.2 Å². The highest BCUT2D eigenvalue weighted by Crippen LogP contribution is 2.45. The molecular formula is C21H21ClN4O3. The quantitative estimate of drug-likeness (QED) is 0.673. The van der Waals surface area contributed by atoms with Gasteiger partial charge < -0.3 is 24.7 Å². The number of halogens is 1. The van der Waals surface area contributed by atoms with E-state index in [1.807, 2.05) is 24.8 Å². The highest BCUT2D eigenvalue weighted by Gasteiger charge is 2.28. The fourth-order valence-corrected chi connectivity index (χ4v) is 4.19. The van der Waals surface area contributed by atoms with Crippen LogP contribution in [0, 0.1) is 5.92 Å². The molecule has 2 aliphatic rings. The molecule has 29 heavy (non-hydrogen) atoms. The van der Waals surface area contributed by atoms with E-state index in [-0.39, 0.29) is 18.6 Å². The number of nitrogens with zero attached hydrogens (tertiary/aromatic N) is 2. The predicted molar refractivity (Wildman–Crippen MR) is 111 cm³/mol. The van der Waals surface area contributed by atoms with E-state index in [1.165, 1.54) is 0 Å². The van der Waals surface area contributed by atoms with Crippen molar-refractivity contribution in [1.29, 1.82) is 0 Å². The van der Waals surface area contributed by atoms with E-state index < -0.39 is 0 Å². The lowest BCUT2D eigenvalue weighted by molar-refractivity contribution is -0.135. The fraction of sp³-hybridized carbons (Fsp3) is 0.333. The van der Waals surface area contributed by atoms with Crippen molar-refractivity contribution in [3.63, 3.8) is 0 Å². The summed E-state index contributed by atoms with van der Waals surface area (Å²) in [4.78, 5) is 22.4. The largest absolute Gasteiger partial charge is 0.454 e. The van der Waals surface area contributed by atoms with E-state index in [2.05, 4.69) is 15.3 Å². The van der Waals surface area contributed by atoms with Crippen LogP contribution in [0.15, 0.2) is 24.4 Å². The number of amides is 1. The average Bonchev–Trinajstić information content (AvgIpc) is 3.33. The third kappa shape index (κ3) is 2.97. The third-order valence-electron chi connectivity index (χ3n) is 5.42. The van der Waals surface area contributed by atoms with Crippen LogP contribution in [-0.2, 0) is 17.8 Å². The number of aromatic nitrogens is 2. The average molecular weight is 413 g/mol. The maximum atomic E-state index is 12.6. The lowest BCUT2D eigenvalue weighted by atomic mass is 10.0. The van der Waals surface area contributed by atoms with Gasteiger partial charge in [-0.2, -0.15) is 0 Å². The molecule has 0 aliphatic carbocycles. The highest BCUT2D eigenvalue weighted by molar-refractivity contribution is 6.34. The first-order valence-corrected chi connectivity index (χ1v) is 10.0. The summed E-state index contributed by atoms with van der Waals surface area (Å²) < 4.78 is 11.1. The molecule has 0 saturated carbocycles. The van der Waals surface area contributed by atoms with Crippen molar-refractivity contribution < 1.29 is 14.3 Å². The molecule has 2 aromatic heterocycles. The van der Waals surface area contributed by atoms with Gasteiger partial charge in [0, 0.05) is 48.3 Å². The molecule has 2 aliphatic heterocycles. The first-order chi connectivity index (χ1) is 14.0. The van der Waals surface area contributed by atoms with Crippen LogP contribution in [0.1, 0.15) is 25.1 Å². The predicted octanol–water partition coefficient (Wildman–Crippen LogP) is 4.23. The minimum absolute atomic E-state index is 0.0275. The van der Waals surface area contributed by atoms with Gasteiger partial charge in [0.1, 0.15) is 11.3 Å². The van der Waals surface area contributed by atoms with Crippen molar-refractivity contribution in [2.75, 3.05) is 18.7 Å². The summed E-state index contributed by atoms with van der Waals surface area (Å²) in [5.41, 5.74) is 4.53. The van der Waals surface area contributed by atoms with Crippen LogP contribution in [0.4, 0.5) is 11.4 Å². The number of aromatic amines is 1. The minimum Gasteiger partial charge on any atom is -0.454 e. The van der Waals surface area contributed by atoms with Crippen molar-refractivity contribution in [2.24, 2.45) is 5.92 Å². The lowest BCUT2D eigenvalue weighted by Crippen LogP contribution is -2.38. The molecule has 3 aromatic rings. The van der Waals surface area contributed by atoms with Crippen molar-refractivity contribution in [2.45, 2.75) is 26.8 Å². The number of fused-ring (bicyclic) bond motifs is 4. The second-order valence-electron chi connectivity index (χ2n) is 7.61. The number of hydrogen-bond acceptors (Lipinski definition) is 5. The van der Waals surface area contributed by atoms with Gasteiger partial charge in [-0.25, -0.2) is 4.98 Å². The van der Waals surface area contributed by atoms with E-state index in [1.54, 1.807) is 18.3 Å². The van der Waals surface area contributed by atoms with Crippen LogP contribution < -0.4 is 14.8 Å². The van der Waals surface area contributed by atoms with Crippen LogP contribution in [0.2, 0.25) is 5.02 Å². The van der Waals surface area contributed by atoms with E-state index in [0.717, 1.165) is 34.4 Å². The molecular weight excluding hydrogens is 392 g/mol. The number of carbonyl (C=O) groups excluding carboxylic acids is 1. The molecule has 0 saturated heterocycles. The van der Waals surface area contributed by atoms with Crippen molar-refractivity contribution in [3.05, 3.63) is 40.7 Å². The molecule has 0 fully saturated rings. The molecule has 0 bridgehead atoms. The Balaban J connectivity index is 1.58. The molecule has 1 amide bonds. The number of nitrogens with one attached hydrogen (secondary N) is 2. The molecule has 1 aromatic carbocycles. The summed E-state index contributed by atoms with van der Waals surface area (Å²) in [6.07, 6.45) is 2.53. The number of H-pyrrole nitrogens is 1. The molecule has 5 rings (SSSR count). The molecule has 0 radical (unpaired) electrons. The summed E-state index contributed by atoms with van der Waals surface area (Å²) >= 11 is 6.45. The lowest BCUT2D eigenvalue weighted by Gasteiger charge is -2.29. The van der Waals surface area contributed by atoms with Gasteiger partial charge in [-0.1, -0.05) is 25.4 Å². The summed E-state index contributed by atoms with van der Waals surface area (Å²) in [6, 6.07) is 5.49. The van der Waals surface area contributed by atoms with Crippen LogP contribution in [0.5, 0.6) is 11.5 Å². The van der Waals surface area contributed by atoms with E-state index in [9.17, 15) is 4.79 Å². The van der Waals surface area contributed by atoms with E-state index in [0.29, 0.717) is 35.3 Å². The van der Waals surface area contributed by atoms with Crippen LogP contribution in [0.25, 0.3) is 11.0 Å². The van der Waals surface area contributed by atoms with Crippen molar-refractivity contribution >= 4 is 39.9 Å². The van der Waals surface area contributed by atoms with E-state index in [4.69, 9.17) is 21.1 Å². The number of anilines is 2. The van der Waals surface area contributed by atoms with Crippen LogP contribution in [-0.4, -0.2) is 34.1 Å². The first kappa shape index (κ1) is 18.1. The molecule has 7 nitrogen and oxygen atoms in total.